The molecule has 0 unspecified atom stereocenters. The van der Waals surface area contributed by atoms with E-state index in [0.717, 1.165) is 37.6 Å². The Morgan fingerprint density at radius 2 is 2.20 bits per heavy atom. The Morgan fingerprint density at radius 3 is 2.95 bits per heavy atom. The summed E-state index contributed by atoms with van der Waals surface area (Å²) in [6, 6.07) is 0. The number of allylic oxidation sites excluding steroid dienone is 2. The van der Waals surface area contributed by atoms with Crippen LogP contribution in [0.15, 0.2) is 11.6 Å². The predicted molar refractivity (Wildman–Crippen MR) is 76.0 cm³/mol. The molecule has 1 aliphatic carbocycles. The lowest BCUT2D eigenvalue weighted by Gasteiger charge is -2.21. The molecule has 1 amide bonds. The molecule has 1 N–H and O–H groups in total. The molecule has 1 fully saturated rings. The molecule has 3 rings (SSSR count). The number of nitrogens with one attached hydrogen (secondary N) is 1. The first-order valence-corrected chi connectivity index (χ1v) is 7.43. The van der Waals surface area contributed by atoms with E-state index in [1.165, 1.54) is 5.57 Å². The van der Waals surface area contributed by atoms with E-state index in [1.54, 1.807) is 0 Å². The summed E-state index contributed by atoms with van der Waals surface area (Å²) in [7, 11) is 0. The zero-order valence-electron chi connectivity index (χ0n) is 12.2. The summed E-state index contributed by atoms with van der Waals surface area (Å²) in [5.74, 6) is 3.15. The van der Waals surface area contributed by atoms with E-state index in [0.29, 0.717) is 24.7 Å². The van der Waals surface area contributed by atoms with E-state index in [2.05, 4.69) is 28.2 Å². The molecule has 0 bridgehead atoms. The van der Waals surface area contributed by atoms with Crippen molar-refractivity contribution in [2.45, 2.75) is 39.5 Å². The van der Waals surface area contributed by atoms with E-state index < -0.39 is 0 Å². The van der Waals surface area contributed by atoms with Crippen molar-refractivity contribution < 1.29 is 4.79 Å². The summed E-state index contributed by atoms with van der Waals surface area (Å²) in [6.07, 6.45) is 5.79. The minimum Gasteiger partial charge on any atom is -0.342 e. The van der Waals surface area contributed by atoms with Gasteiger partial charge in [0.2, 0.25) is 5.91 Å². The summed E-state index contributed by atoms with van der Waals surface area (Å²) < 4.78 is 0. The SMILES string of the molecule is CC1=CC[C@H]2CN(C(=O)CCc3n[nH]c(C)n3)C[C@H]2C1. The predicted octanol–water partition coefficient (Wildman–Crippen LogP) is 1.86. The highest BCUT2D eigenvalue weighted by atomic mass is 16.2. The summed E-state index contributed by atoms with van der Waals surface area (Å²) in [4.78, 5) is 18.6. The van der Waals surface area contributed by atoms with Gasteiger partial charge in [-0.25, -0.2) is 4.98 Å². The molecule has 20 heavy (non-hydrogen) atoms. The van der Waals surface area contributed by atoms with Gasteiger partial charge < -0.3 is 4.90 Å². The third kappa shape index (κ3) is 2.76. The zero-order valence-corrected chi connectivity index (χ0v) is 12.2. The monoisotopic (exact) mass is 274 g/mol. The minimum absolute atomic E-state index is 0.250. The zero-order chi connectivity index (χ0) is 14.1. The molecule has 2 heterocycles. The quantitative estimate of drug-likeness (QED) is 0.856. The van der Waals surface area contributed by atoms with Crippen molar-refractivity contribution in [2.75, 3.05) is 13.1 Å². The highest BCUT2D eigenvalue weighted by Crippen LogP contribution is 2.35. The van der Waals surface area contributed by atoms with Crippen LogP contribution in [0, 0.1) is 18.8 Å². The molecular formula is C15H22N4O. The van der Waals surface area contributed by atoms with E-state index in [4.69, 9.17) is 0 Å². The van der Waals surface area contributed by atoms with Crippen LogP contribution in [0.1, 0.15) is 37.8 Å². The molecular weight excluding hydrogens is 252 g/mol. The summed E-state index contributed by atoms with van der Waals surface area (Å²) in [5, 5.41) is 6.90. The molecule has 2 aliphatic rings. The van der Waals surface area contributed by atoms with Gasteiger partial charge in [-0.3, -0.25) is 9.89 Å². The fraction of sp³-hybridized carbons (Fsp3) is 0.667. The van der Waals surface area contributed by atoms with Crippen LogP contribution in [0.5, 0.6) is 0 Å². The largest absolute Gasteiger partial charge is 0.342 e. The van der Waals surface area contributed by atoms with Crippen LogP contribution in [0.25, 0.3) is 0 Å². The van der Waals surface area contributed by atoms with Crippen molar-refractivity contribution >= 4 is 5.91 Å². The molecule has 0 radical (unpaired) electrons. The smallest absolute Gasteiger partial charge is 0.223 e. The van der Waals surface area contributed by atoms with E-state index in [1.807, 2.05) is 11.8 Å². The van der Waals surface area contributed by atoms with Gasteiger partial charge in [-0.2, -0.15) is 5.10 Å². The number of rotatable bonds is 3. The van der Waals surface area contributed by atoms with Crippen LogP contribution in [-0.2, 0) is 11.2 Å². The van der Waals surface area contributed by atoms with Crippen LogP contribution < -0.4 is 0 Å². The maximum absolute atomic E-state index is 12.3. The lowest BCUT2D eigenvalue weighted by atomic mass is 9.83. The summed E-state index contributed by atoms with van der Waals surface area (Å²) in [5.41, 5.74) is 1.48. The Morgan fingerprint density at radius 1 is 1.40 bits per heavy atom. The maximum Gasteiger partial charge on any atom is 0.223 e. The lowest BCUT2D eigenvalue weighted by Crippen LogP contribution is -2.29. The highest BCUT2D eigenvalue weighted by Gasteiger charge is 2.35. The molecule has 1 aromatic rings. The van der Waals surface area contributed by atoms with Crippen LogP contribution in [-0.4, -0.2) is 39.1 Å². The van der Waals surface area contributed by atoms with Crippen LogP contribution in [0.2, 0.25) is 0 Å². The first kappa shape index (κ1) is 13.3. The second kappa shape index (κ2) is 5.38. The van der Waals surface area contributed by atoms with Crippen LogP contribution >= 0.6 is 0 Å². The van der Waals surface area contributed by atoms with Crippen molar-refractivity contribution in [1.82, 2.24) is 20.1 Å². The van der Waals surface area contributed by atoms with Crippen molar-refractivity contribution in [3.63, 3.8) is 0 Å². The number of aromatic nitrogens is 3. The number of H-pyrrole nitrogens is 1. The second-order valence-corrected chi connectivity index (χ2v) is 6.15. The van der Waals surface area contributed by atoms with E-state index >= 15 is 0 Å². The number of aryl methyl sites for hydroxylation is 2. The lowest BCUT2D eigenvalue weighted by molar-refractivity contribution is -0.130. The van der Waals surface area contributed by atoms with Crippen molar-refractivity contribution in [3.8, 4) is 0 Å². The third-order valence-corrected chi connectivity index (χ3v) is 4.49. The van der Waals surface area contributed by atoms with Gasteiger partial charge in [0.25, 0.3) is 0 Å². The fourth-order valence-electron chi connectivity index (χ4n) is 3.37. The average molecular weight is 274 g/mol. The van der Waals surface area contributed by atoms with Gasteiger partial charge in [0, 0.05) is 25.9 Å². The maximum atomic E-state index is 12.3. The number of likely N-dealkylation sites (tertiary alicyclic amines) is 1. The van der Waals surface area contributed by atoms with E-state index in [9.17, 15) is 4.79 Å². The number of carbonyl (C=O) groups is 1. The number of aromatic amines is 1. The summed E-state index contributed by atoms with van der Waals surface area (Å²) in [6.45, 7) is 5.94. The van der Waals surface area contributed by atoms with Gasteiger partial charge in [-0.1, -0.05) is 11.6 Å². The van der Waals surface area contributed by atoms with Gasteiger partial charge in [0.1, 0.15) is 5.82 Å². The molecule has 5 nitrogen and oxygen atoms in total. The van der Waals surface area contributed by atoms with Gasteiger partial charge in [0.15, 0.2) is 5.82 Å². The second-order valence-electron chi connectivity index (χ2n) is 6.15. The van der Waals surface area contributed by atoms with Crippen molar-refractivity contribution in [2.24, 2.45) is 11.8 Å². The Kier molecular flexibility index (Phi) is 3.59. The fourth-order valence-corrected chi connectivity index (χ4v) is 3.37. The first-order valence-electron chi connectivity index (χ1n) is 7.43. The average Bonchev–Trinajstić information content (AvgIpc) is 3.01. The van der Waals surface area contributed by atoms with Crippen molar-refractivity contribution in [3.05, 3.63) is 23.3 Å². The molecule has 5 heteroatoms. The standard InChI is InChI=1S/C15H22N4O/c1-10-3-4-12-8-19(9-13(12)7-10)15(20)6-5-14-16-11(2)17-18-14/h3,12-13H,4-9H2,1-2H3,(H,16,17,18)/t12-,13+/m0/s1. The Hall–Kier alpha value is -1.65. The molecule has 1 aliphatic heterocycles. The van der Waals surface area contributed by atoms with Gasteiger partial charge >= 0.3 is 0 Å². The number of hydrogen-bond donors (Lipinski definition) is 1. The number of carbonyl (C=O) groups excluding carboxylic acids is 1. The molecule has 0 spiro atoms. The first-order chi connectivity index (χ1) is 9.61. The Balaban J connectivity index is 1.52. The summed E-state index contributed by atoms with van der Waals surface area (Å²) >= 11 is 0. The highest BCUT2D eigenvalue weighted by molar-refractivity contribution is 5.76. The number of hydrogen-bond acceptors (Lipinski definition) is 3. The number of fused-ring (bicyclic) bond motifs is 1. The minimum atomic E-state index is 0.250. The molecule has 0 aromatic carbocycles. The Labute approximate surface area is 119 Å². The molecule has 2 atom stereocenters. The normalized spacial score (nSPS) is 25.5. The number of nitrogens with zero attached hydrogens (tertiary/aromatic N) is 3. The van der Waals surface area contributed by atoms with Crippen molar-refractivity contribution in [1.29, 1.82) is 0 Å². The van der Waals surface area contributed by atoms with Crippen LogP contribution in [0.3, 0.4) is 0 Å². The Bertz CT molecular complexity index is 534. The van der Waals surface area contributed by atoms with Gasteiger partial charge in [0.05, 0.1) is 0 Å². The van der Waals surface area contributed by atoms with Gasteiger partial charge in [-0.15, -0.1) is 0 Å². The molecule has 108 valence electrons. The van der Waals surface area contributed by atoms with Gasteiger partial charge in [-0.05, 0) is 38.5 Å². The third-order valence-electron chi connectivity index (χ3n) is 4.49. The molecule has 1 saturated heterocycles. The van der Waals surface area contributed by atoms with E-state index in [-0.39, 0.29) is 5.91 Å². The molecule has 0 saturated carbocycles. The molecule has 1 aromatic heterocycles. The van der Waals surface area contributed by atoms with Crippen LogP contribution in [0.4, 0.5) is 0 Å². The topological polar surface area (TPSA) is 61.9 Å². The number of amides is 1.